The predicted molar refractivity (Wildman–Crippen MR) is 79.9 cm³/mol. The molecule has 0 amide bonds. The molecule has 18 heavy (non-hydrogen) atoms. The highest BCUT2D eigenvalue weighted by Crippen LogP contribution is 2.40. The third-order valence-electron chi connectivity index (χ3n) is 4.06. The van der Waals surface area contributed by atoms with Crippen LogP contribution in [-0.2, 0) is 6.54 Å². The van der Waals surface area contributed by atoms with E-state index in [1.54, 1.807) is 11.8 Å². The Morgan fingerprint density at radius 2 is 1.94 bits per heavy atom. The molecule has 3 heteroatoms. The highest BCUT2D eigenvalue weighted by molar-refractivity contribution is 7.98. The minimum Gasteiger partial charge on any atom is -0.330 e. The number of hydrogen-bond donors (Lipinski definition) is 1. The van der Waals surface area contributed by atoms with E-state index in [9.17, 15) is 0 Å². The van der Waals surface area contributed by atoms with E-state index in [0.717, 1.165) is 19.6 Å². The Kier molecular flexibility index (Phi) is 4.71. The zero-order valence-corrected chi connectivity index (χ0v) is 12.3. The van der Waals surface area contributed by atoms with Gasteiger partial charge in [-0.05, 0) is 55.8 Å². The molecule has 0 radical (unpaired) electrons. The van der Waals surface area contributed by atoms with Crippen LogP contribution in [0.2, 0.25) is 0 Å². The highest BCUT2D eigenvalue weighted by Gasteiger charge is 2.36. The van der Waals surface area contributed by atoms with Gasteiger partial charge in [0.05, 0.1) is 0 Å². The summed E-state index contributed by atoms with van der Waals surface area (Å²) >= 11 is 1.79. The fourth-order valence-electron chi connectivity index (χ4n) is 2.77. The molecule has 0 aliphatic heterocycles. The lowest BCUT2D eigenvalue weighted by atomic mass is 9.68. The average molecular weight is 264 g/mol. The van der Waals surface area contributed by atoms with Crippen molar-refractivity contribution in [3.63, 3.8) is 0 Å². The zero-order chi connectivity index (χ0) is 13.0. The fraction of sp³-hybridized carbons (Fsp3) is 0.600. The lowest BCUT2D eigenvalue weighted by molar-refractivity contribution is 0.0845. The van der Waals surface area contributed by atoms with Crippen LogP contribution in [0.25, 0.3) is 0 Å². The quantitative estimate of drug-likeness (QED) is 0.801. The molecule has 2 N–H and O–H groups in total. The molecule has 0 unspecified atom stereocenters. The first kappa shape index (κ1) is 13.9. The first-order chi connectivity index (χ1) is 8.67. The minimum atomic E-state index is 0.411. The van der Waals surface area contributed by atoms with Crippen LogP contribution in [0.5, 0.6) is 0 Å². The van der Waals surface area contributed by atoms with Gasteiger partial charge in [0.25, 0.3) is 0 Å². The molecule has 1 fully saturated rings. The number of nitrogens with zero attached hydrogens (tertiary/aromatic N) is 1. The first-order valence-electron chi connectivity index (χ1n) is 6.69. The SMILES string of the molecule is CSc1ccc(CN(C)CC2(CN)CCC2)cc1. The van der Waals surface area contributed by atoms with Crippen LogP contribution in [0.15, 0.2) is 29.2 Å². The molecule has 0 bridgehead atoms. The van der Waals surface area contributed by atoms with Gasteiger partial charge in [0.2, 0.25) is 0 Å². The summed E-state index contributed by atoms with van der Waals surface area (Å²) in [6.07, 6.45) is 6.08. The molecular formula is C15H24N2S. The second-order valence-electron chi connectivity index (χ2n) is 5.58. The molecule has 0 heterocycles. The van der Waals surface area contributed by atoms with Crippen LogP contribution in [0.3, 0.4) is 0 Å². The molecule has 1 aromatic rings. The van der Waals surface area contributed by atoms with Gasteiger partial charge >= 0.3 is 0 Å². The van der Waals surface area contributed by atoms with E-state index in [2.05, 4.69) is 42.5 Å². The van der Waals surface area contributed by atoms with Crippen molar-refractivity contribution >= 4 is 11.8 Å². The van der Waals surface area contributed by atoms with E-state index in [-0.39, 0.29) is 0 Å². The van der Waals surface area contributed by atoms with Crippen molar-refractivity contribution < 1.29 is 0 Å². The Balaban J connectivity index is 1.88. The van der Waals surface area contributed by atoms with Crippen molar-refractivity contribution in [2.75, 3.05) is 26.4 Å². The predicted octanol–water partition coefficient (Wildman–Crippen LogP) is 2.97. The number of benzene rings is 1. The first-order valence-corrected chi connectivity index (χ1v) is 7.91. The molecule has 0 spiro atoms. The number of rotatable bonds is 6. The summed E-state index contributed by atoms with van der Waals surface area (Å²) in [5.41, 5.74) is 7.72. The Labute approximate surface area is 115 Å². The molecule has 0 atom stereocenters. The summed E-state index contributed by atoms with van der Waals surface area (Å²) in [5.74, 6) is 0. The summed E-state index contributed by atoms with van der Waals surface area (Å²) in [6, 6.07) is 8.88. The Hall–Kier alpha value is -0.510. The zero-order valence-electron chi connectivity index (χ0n) is 11.5. The van der Waals surface area contributed by atoms with Crippen LogP contribution in [0, 0.1) is 5.41 Å². The molecule has 0 saturated heterocycles. The van der Waals surface area contributed by atoms with E-state index >= 15 is 0 Å². The van der Waals surface area contributed by atoms with Gasteiger partial charge < -0.3 is 10.6 Å². The van der Waals surface area contributed by atoms with Crippen molar-refractivity contribution in [1.29, 1.82) is 0 Å². The molecule has 2 rings (SSSR count). The van der Waals surface area contributed by atoms with Gasteiger partial charge in [0.15, 0.2) is 0 Å². The molecule has 0 aromatic heterocycles. The van der Waals surface area contributed by atoms with Crippen LogP contribution in [-0.4, -0.2) is 31.3 Å². The maximum Gasteiger partial charge on any atom is 0.0230 e. The summed E-state index contributed by atoms with van der Waals surface area (Å²) in [5, 5.41) is 0. The smallest absolute Gasteiger partial charge is 0.0230 e. The number of nitrogens with two attached hydrogens (primary N) is 1. The van der Waals surface area contributed by atoms with E-state index in [4.69, 9.17) is 5.73 Å². The number of thioether (sulfide) groups is 1. The third kappa shape index (κ3) is 3.28. The summed E-state index contributed by atoms with van der Waals surface area (Å²) in [4.78, 5) is 3.75. The Bertz CT molecular complexity index is 365. The Morgan fingerprint density at radius 3 is 2.39 bits per heavy atom. The van der Waals surface area contributed by atoms with Gasteiger partial charge in [0.1, 0.15) is 0 Å². The molecule has 2 nitrogen and oxygen atoms in total. The van der Waals surface area contributed by atoms with Crippen molar-refractivity contribution in [2.24, 2.45) is 11.1 Å². The largest absolute Gasteiger partial charge is 0.330 e. The van der Waals surface area contributed by atoms with Crippen LogP contribution >= 0.6 is 11.8 Å². The van der Waals surface area contributed by atoms with Crippen molar-refractivity contribution in [3.8, 4) is 0 Å². The van der Waals surface area contributed by atoms with E-state index in [1.165, 1.54) is 29.7 Å². The topological polar surface area (TPSA) is 29.3 Å². The summed E-state index contributed by atoms with van der Waals surface area (Å²) in [7, 11) is 2.21. The van der Waals surface area contributed by atoms with Gasteiger partial charge in [0, 0.05) is 18.0 Å². The second-order valence-corrected chi connectivity index (χ2v) is 6.46. The number of hydrogen-bond acceptors (Lipinski definition) is 3. The molecule has 1 aliphatic carbocycles. The van der Waals surface area contributed by atoms with Gasteiger partial charge in [-0.25, -0.2) is 0 Å². The van der Waals surface area contributed by atoms with Gasteiger partial charge in [-0.3, -0.25) is 0 Å². The van der Waals surface area contributed by atoms with Crippen LogP contribution in [0.1, 0.15) is 24.8 Å². The minimum absolute atomic E-state index is 0.411. The fourth-order valence-corrected chi connectivity index (χ4v) is 3.18. The van der Waals surface area contributed by atoms with E-state index < -0.39 is 0 Å². The Morgan fingerprint density at radius 1 is 1.28 bits per heavy atom. The summed E-state index contributed by atoms with van der Waals surface area (Å²) in [6.45, 7) is 2.99. The maximum absolute atomic E-state index is 5.92. The lowest BCUT2D eigenvalue weighted by Gasteiger charge is -2.43. The molecule has 1 saturated carbocycles. The highest BCUT2D eigenvalue weighted by atomic mass is 32.2. The summed E-state index contributed by atoms with van der Waals surface area (Å²) < 4.78 is 0. The third-order valence-corrected chi connectivity index (χ3v) is 4.81. The molecule has 1 aromatic carbocycles. The van der Waals surface area contributed by atoms with Crippen molar-refractivity contribution in [3.05, 3.63) is 29.8 Å². The van der Waals surface area contributed by atoms with E-state index in [1.807, 2.05) is 0 Å². The van der Waals surface area contributed by atoms with Crippen molar-refractivity contribution in [1.82, 2.24) is 4.90 Å². The van der Waals surface area contributed by atoms with Crippen LogP contribution < -0.4 is 5.73 Å². The van der Waals surface area contributed by atoms with Crippen molar-refractivity contribution in [2.45, 2.75) is 30.7 Å². The monoisotopic (exact) mass is 264 g/mol. The normalized spacial score (nSPS) is 17.8. The lowest BCUT2D eigenvalue weighted by Crippen LogP contribution is -2.45. The van der Waals surface area contributed by atoms with Gasteiger partial charge in [-0.15, -0.1) is 11.8 Å². The van der Waals surface area contributed by atoms with Crippen LogP contribution in [0.4, 0.5) is 0 Å². The molecular weight excluding hydrogens is 240 g/mol. The average Bonchev–Trinajstić information content (AvgIpc) is 2.35. The van der Waals surface area contributed by atoms with Gasteiger partial charge in [-0.2, -0.15) is 0 Å². The standard InChI is InChI=1S/C15H24N2S/c1-17(12-15(11-16)8-3-9-15)10-13-4-6-14(18-2)7-5-13/h4-7H,3,8-12,16H2,1-2H3. The van der Waals surface area contributed by atoms with Gasteiger partial charge in [-0.1, -0.05) is 18.6 Å². The van der Waals surface area contributed by atoms with E-state index in [0.29, 0.717) is 5.41 Å². The molecule has 100 valence electrons. The maximum atomic E-state index is 5.92. The molecule has 1 aliphatic rings. The second kappa shape index (κ2) is 6.09.